The topological polar surface area (TPSA) is 46.5 Å². The molecule has 0 aromatic heterocycles. The van der Waals surface area contributed by atoms with Crippen LogP contribution in [0.4, 0.5) is 0 Å². The lowest BCUT2D eigenvalue weighted by molar-refractivity contribution is -0.113. The molecule has 0 spiro atoms. The summed E-state index contributed by atoms with van der Waals surface area (Å²) in [7, 11) is 1.57. The number of hydrogen-bond acceptors (Lipinski definition) is 3. The fourth-order valence-electron chi connectivity index (χ4n) is 1.88. The van der Waals surface area contributed by atoms with Crippen LogP contribution in [-0.4, -0.2) is 24.1 Å². The van der Waals surface area contributed by atoms with Crippen molar-refractivity contribution in [2.45, 2.75) is 32.3 Å². The minimum absolute atomic E-state index is 0.0652. The lowest BCUT2D eigenvalue weighted by atomic mass is 9.96. The highest BCUT2D eigenvalue weighted by molar-refractivity contribution is 5.91. The van der Waals surface area contributed by atoms with Crippen LogP contribution in [0, 0.1) is 0 Å². The van der Waals surface area contributed by atoms with Crippen molar-refractivity contribution in [1.82, 2.24) is 0 Å². The molecule has 0 fully saturated rings. The van der Waals surface area contributed by atoms with Gasteiger partial charge in [-0.05, 0) is 25.5 Å². The first-order chi connectivity index (χ1) is 9.67. The van der Waals surface area contributed by atoms with Gasteiger partial charge in [0.2, 0.25) is 0 Å². The van der Waals surface area contributed by atoms with Crippen LogP contribution in [0.5, 0.6) is 0 Å². The molecule has 0 heterocycles. The minimum atomic E-state index is -0.274. The van der Waals surface area contributed by atoms with Gasteiger partial charge >= 0.3 is 0 Å². The molecule has 3 nitrogen and oxygen atoms in total. The Morgan fingerprint density at radius 2 is 2.15 bits per heavy atom. The van der Waals surface area contributed by atoms with Crippen molar-refractivity contribution < 1.29 is 14.6 Å². The Morgan fingerprint density at radius 3 is 2.85 bits per heavy atom. The maximum Gasteiger partial charge on any atom is 0.159 e. The molecule has 1 N–H and O–H groups in total. The molecule has 1 rings (SSSR count). The molecule has 0 saturated heterocycles. The molecular formula is C17H22O3. The third kappa shape index (κ3) is 5.85. The van der Waals surface area contributed by atoms with E-state index in [-0.39, 0.29) is 17.6 Å². The summed E-state index contributed by atoms with van der Waals surface area (Å²) >= 11 is 0. The normalized spacial score (nSPS) is 22.2. The Bertz CT molecular complexity index is 465. The van der Waals surface area contributed by atoms with E-state index in [1.165, 1.54) is 0 Å². The van der Waals surface area contributed by atoms with E-state index in [9.17, 15) is 9.90 Å². The lowest BCUT2D eigenvalue weighted by Crippen LogP contribution is -2.18. The summed E-state index contributed by atoms with van der Waals surface area (Å²) in [6.45, 7) is 1.94. The number of allylic oxidation sites excluding steroid dienone is 8. The molecule has 0 amide bonds. The Labute approximate surface area is 120 Å². The van der Waals surface area contributed by atoms with Gasteiger partial charge in [0, 0.05) is 20.0 Å². The van der Waals surface area contributed by atoms with E-state index < -0.39 is 0 Å². The van der Waals surface area contributed by atoms with Gasteiger partial charge in [-0.25, -0.2) is 0 Å². The maximum absolute atomic E-state index is 11.7. The third-order valence-corrected chi connectivity index (χ3v) is 3.04. The molecule has 1 unspecified atom stereocenters. The van der Waals surface area contributed by atoms with Crippen molar-refractivity contribution in [3.63, 3.8) is 0 Å². The van der Waals surface area contributed by atoms with Gasteiger partial charge in [0.25, 0.3) is 0 Å². The van der Waals surface area contributed by atoms with E-state index in [0.717, 1.165) is 5.57 Å². The molecule has 0 bridgehead atoms. The molecule has 108 valence electrons. The number of aliphatic hydroxyl groups excluding tert-OH is 1. The predicted molar refractivity (Wildman–Crippen MR) is 81.5 cm³/mol. The smallest absolute Gasteiger partial charge is 0.159 e. The highest BCUT2D eigenvalue weighted by atomic mass is 16.5. The Morgan fingerprint density at radius 1 is 1.40 bits per heavy atom. The average molecular weight is 274 g/mol. The van der Waals surface area contributed by atoms with Crippen molar-refractivity contribution in [2.24, 2.45) is 0 Å². The van der Waals surface area contributed by atoms with Gasteiger partial charge in [-0.3, -0.25) is 4.79 Å². The Balaban J connectivity index is 2.46. The highest BCUT2D eigenvalue weighted by Gasteiger charge is 2.18. The van der Waals surface area contributed by atoms with Crippen molar-refractivity contribution in [1.29, 1.82) is 0 Å². The first kappa shape index (κ1) is 16.2. The largest absolute Gasteiger partial charge is 0.510 e. The number of carbonyl (C=O) groups excluding carboxylic acids is 1. The van der Waals surface area contributed by atoms with Crippen LogP contribution in [0.1, 0.15) is 26.2 Å². The first-order valence-corrected chi connectivity index (χ1v) is 6.76. The number of rotatable bonds is 6. The zero-order valence-electron chi connectivity index (χ0n) is 12.1. The van der Waals surface area contributed by atoms with Gasteiger partial charge in [-0.15, -0.1) is 0 Å². The van der Waals surface area contributed by atoms with Gasteiger partial charge < -0.3 is 9.84 Å². The minimum Gasteiger partial charge on any atom is -0.510 e. The second-order valence-corrected chi connectivity index (χ2v) is 4.56. The van der Waals surface area contributed by atoms with Gasteiger partial charge in [0.05, 0.1) is 0 Å². The summed E-state index contributed by atoms with van der Waals surface area (Å²) in [6, 6.07) is 0. The van der Waals surface area contributed by atoms with E-state index >= 15 is 0 Å². The fraction of sp³-hybridized carbons (Fsp3) is 0.353. The number of ketones is 1. The molecule has 0 aromatic rings. The predicted octanol–water partition coefficient (Wildman–Crippen LogP) is 3.81. The fourth-order valence-corrected chi connectivity index (χ4v) is 1.88. The standard InChI is InChI=1S/C17H22O3/c1-3-4-5-6-7-8-15(18)11-9-14-10-12-16(19)17(13-14)20-2/h3-9,12,17,19H,10-11,13H2,1-2H3. The number of hydrogen-bond donors (Lipinski definition) is 1. The summed E-state index contributed by atoms with van der Waals surface area (Å²) in [5.74, 6) is 0.348. The monoisotopic (exact) mass is 274 g/mol. The van der Waals surface area contributed by atoms with Crippen LogP contribution in [0.15, 0.2) is 59.9 Å². The molecule has 3 heteroatoms. The molecule has 1 aliphatic rings. The number of methoxy groups -OCH3 is 1. The van der Waals surface area contributed by atoms with Crippen molar-refractivity contribution in [2.75, 3.05) is 7.11 Å². The van der Waals surface area contributed by atoms with Gasteiger partial charge in [0.1, 0.15) is 11.9 Å². The van der Waals surface area contributed by atoms with Crippen molar-refractivity contribution in [3.8, 4) is 0 Å². The third-order valence-electron chi connectivity index (χ3n) is 3.04. The molecule has 0 saturated carbocycles. The molecule has 1 aliphatic carbocycles. The molecular weight excluding hydrogens is 252 g/mol. The van der Waals surface area contributed by atoms with Crippen molar-refractivity contribution >= 4 is 5.78 Å². The molecule has 0 aromatic carbocycles. The van der Waals surface area contributed by atoms with Gasteiger partial charge in [0.15, 0.2) is 5.78 Å². The maximum atomic E-state index is 11.7. The molecule has 0 radical (unpaired) electrons. The van der Waals surface area contributed by atoms with E-state index in [4.69, 9.17) is 4.74 Å². The first-order valence-electron chi connectivity index (χ1n) is 6.76. The Kier molecular flexibility index (Phi) is 7.36. The molecule has 1 atom stereocenters. The van der Waals surface area contributed by atoms with E-state index in [1.807, 2.05) is 37.3 Å². The summed E-state index contributed by atoms with van der Waals surface area (Å²) in [5, 5.41) is 9.57. The summed E-state index contributed by atoms with van der Waals surface area (Å²) < 4.78 is 5.17. The van der Waals surface area contributed by atoms with Crippen molar-refractivity contribution in [3.05, 3.63) is 59.9 Å². The Hall–Kier alpha value is -1.87. The summed E-state index contributed by atoms with van der Waals surface area (Å²) in [6.07, 6.45) is 16.0. The number of aliphatic hydroxyl groups is 1. The van der Waals surface area contributed by atoms with Crippen LogP contribution >= 0.6 is 0 Å². The quantitative estimate of drug-likeness (QED) is 0.455. The number of ether oxygens (including phenoxy) is 1. The molecule has 20 heavy (non-hydrogen) atoms. The average Bonchev–Trinajstić information content (AvgIpc) is 2.46. The highest BCUT2D eigenvalue weighted by Crippen LogP contribution is 2.24. The zero-order chi connectivity index (χ0) is 14.8. The van der Waals surface area contributed by atoms with E-state index in [2.05, 4.69) is 0 Å². The van der Waals surface area contributed by atoms with Crippen LogP contribution in [0.25, 0.3) is 0 Å². The van der Waals surface area contributed by atoms with E-state index in [1.54, 1.807) is 25.3 Å². The van der Waals surface area contributed by atoms with Crippen LogP contribution < -0.4 is 0 Å². The zero-order valence-corrected chi connectivity index (χ0v) is 12.1. The lowest BCUT2D eigenvalue weighted by Gasteiger charge is -2.20. The summed E-state index contributed by atoms with van der Waals surface area (Å²) in [5.41, 5.74) is 1.13. The van der Waals surface area contributed by atoms with Crippen LogP contribution in [0.2, 0.25) is 0 Å². The number of carbonyl (C=O) groups is 1. The molecule has 0 aliphatic heterocycles. The van der Waals surface area contributed by atoms with Crippen LogP contribution in [-0.2, 0) is 9.53 Å². The SMILES string of the molecule is CC=CC=CC=CC(=O)CC=C1CC=C(O)C(OC)C1. The van der Waals surface area contributed by atoms with Crippen LogP contribution in [0.3, 0.4) is 0 Å². The summed E-state index contributed by atoms with van der Waals surface area (Å²) in [4.78, 5) is 11.7. The second-order valence-electron chi connectivity index (χ2n) is 4.56. The van der Waals surface area contributed by atoms with E-state index in [0.29, 0.717) is 19.3 Å². The van der Waals surface area contributed by atoms with Gasteiger partial charge in [-0.2, -0.15) is 0 Å². The second kappa shape index (κ2) is 9.10. The van der Waals surface area contributed by atoms with Gasteiger partial charge in [-0.1, -0.05) is 42.0 Å².